The Kier molecular flexibility index (Phi) is 3.35. The molecule has 0 spiro atoms. The van der Waals surface area contributed by atoms with E-state index in [-0.39, 0.29) is 10.6 Å². The van der Waals surface area contributed by atoms with Crippen LogP contribution in [-0.2, 0) is 6.42 Å². The highest BCUT2D eigenvalue weighted by atomic mass is 79.9. The molecule has 2 aromatic rings. The van der Waals surface area contributed by atoms with Gasteiger partial charge in [0.05, 0.1) is 4.83 Å². The van der Waals surface area contributed by atoms with Crippen LogP contribution in [0.4, 0.5) is 0 Å². The zero-order valence-electron chi connectivity index (χ0n) is 10.1. The number of benzene rings is 2. The van der Waals surface area contributed by atoms with Crippen LogP contribution >= 0.6 is 31.9 Å². The van der Waals surface area contributed by atoms with Crippen LogP contribution in [0.1, 0.15) is 26.3 Å². The fourth-order valence-corrected chi connectivity index (χ4v) is 4.02. The van der Waals surface area contributed by atoms with Crippen molar-refractivity contribution in [2.24, 2.45) is 0 Å². The number of alkyl halides is 2. The first-order chi connectivity index (χ1) is 9.13. The van der Waals surface area contributed by atoms with Crippen molar-refractivity contribution in [3.63, 3.8) is 0 Å². The van der Waals surface area contributed by atoms with E-state index in [1.165, 1.54) is 0 Å². The van der Waals surface area contributed by atoms with Gasteiger partial charge in [0.2, 0.25) is 0 Å². The summed E-state index contributed by atoms with van der Waals surface area (Å²) >= 11 is 7.40. The molecule has 3 heteroatoms. The molecular formula is C16H12Br2O. The standard InChI is InChI=1S/C16H12Br2O/c17-14(11-6-2-1-3-7-11)16(18)10-12-8-4-5-9-13(12)15(16)19/h1-9,14H,10H2/t14-,16-/m0/s1. The summed E-state index contributed by atoms with van der Waals surface area (Å²) in [6.07, 6.45) is 0.715. The van der Waals surface area contributed by atoms with Crippen LogP contribution in [0.2, 0.25) is 0 Å². The largest absolute Gasteiger partial charge is 0.293 e. The minimum Gasteiger partial charge on any atom is -0.293 e. The molecule has 0 N–H and O–H groups in total. The van der Waals surface area contributed by atoms with Crippen molar-refractivity contribution in [2.45, 2.75) is 15.6 Å². The molecule has 1 nitrogen and oxygen atoms in total. The van der Waals surface area contributed by atoms with Crippen LogP contribution in [0.5, 0.6) is 0 Å². The number of rotatable bonds is 2. The van der Waals surface area contributed by atoms with Crippen molar-refractivity contribution in [2.75, 3.05) is 0 Å². The van der Waals surface area contributed by atoms with Gasteiger partial charge in [-0.1, -0.05) is 86.5 Å². The highest BCUT2D eigenvalue weighted by Crippen LogP contribution is 2.49. The van der Waals surface area contributed by atoms with E-state index < -0.39 is 4.32 Å². The van der Waals surface area contributed by atoms with Crippen LogP contribution in [0.3, 0.4) is 0 Å². The summed E-state index contributed by atoms with van der Waals surface area (Å²) in [5.74, 6) is 0.161. The molecule has 0 aliphatic heterocycles. The van der Waals surface area contributed by atoms with Gasteiger partial charge in [-0.15, -0.1) is 0 Å². The number of fused-ring (bicyclic) bond motifs is 1. The SMILES string of the molecule is O=C1c2ccccc2C[C@]1(Br)[C@@H](Br)c1ccccc1. The fraction of sp³-hybridized carbons (Fsp3) is 0.188. The smallest absolute Gasteiger partial charge is 0.181 e. The Hall–Kier alpha value is -0.930. The highest BCUT2D eigenvalue weighted by Gasteiger charge is 2.48. The second-order valence-corrected chi connectivity index (χ2v) is 7.13. The Morgan fingerprint density at radius 1 is 1.00 bits per heavy atom. The van der Waals surface area contributed by atoms with Crippen LogP contribution < -0.4 is 0 Å². The molecule has 96 valence electrons. The Morgan fingerprint density at radius 3 is 2.32 bits per heavy atom. The van der Waals surface area contributed by atoms with E-state index in [0.29, 0.717) is 6.42 Å². The van der Waals surface area contributed by atoms with Gasteiger partial charge in [0.1, 0.15) is 4.32 Å². The van der Waals surface area contributed by atoms with E-state index in [1.54, 1.807) is 0 Å². The second-order valence-electron chi connectivity index (χ2n) is 4.80. The molecule has 0 radical (unpaired) electrons. The van der Waals surface area contributed by atoms with E-state index >= 15 is 0 Å². The monoisotopic (exact) mass is 378 g/mol. The van der Waals surface area contributed by atoms with Crippen LogP contribution in [0.15, 0.2) is 54.6 Å². The van der Waals surface area contributed by atoms with Crippen molar-refractivity contribution in [1.29, 1.82) is 0 Å². The number of hydrogen-bond acceptors (Lipinski definition) is 1. The molecule has 19 heavy (non-hydrogen) atoms. The van der Waals surface area contributed by atoms with Crippen molar-refractivity contribution in [3.05, 3.63) is 71.3 Å². The maximum atomic E-state index is 12.7. The minimum atomic E-state index is -0.585. The Bertz CT molecular complexity index is 624. The van der Waals surface area contributed by atoms with E-state index in [4.69, 9.17) is 0 Å². The topological polar surface area (TPSA) is 17.1 Å². The first-order valence-electron chi connectivity index (χ1n) is 6.13. The molecule has 0 amide bonds. The van der Waals surface area contributed by atoms with Gasteiger partial charge in [-0.3, -0.25) is 4.79 Å². The zero-order chi connectivity index (χ0) is 13.5. The Labute approximate surface area is 129 Å². The predicted molar refractivity (Wildman–Crippen MR) is 84.2 cm³/mol. The van der Waals surface area contributed by atoms with Crippen LogP contribution in [0.25, 0.3) is 0 Å². The van der Waals surface area contributed by atoms with Gasteiger partial charge in [-0.25, -0.2) is 0 Å². The molecular weight excluding hydrogens is 368 g/mol. The molecule has 1 aliphatic rings. The van der Waals surface area contributed by atoms with E-state index in [9.17, 15) is 4.79 Å². The first-order valence-corrected chi connectivity index (χ1v) is 7.84. The third kappa shape index (κ3) is 2.09. The molecule has 0 saturated heterocycles. The van der Waals surface area contributed by atoms with Gasteiger partial charge in [-0.05, 0) is 17.5 Å². The minimum absolute atomic E-state index is 0.0406. The number of carbonyl (C=O) groups excluding carboxylic acids is 1. The molecule has 0 fully saturated rings. The highest BCUT2D eigenvalue weighted by molar-refractivity contribution is 9.12. The third-order valence-corrected chi connectivity index (χ3v) is 6.60. The average Bonchev–Trinajstić information content (AvgIpc) is 2.72. The maximum Gasteiger partial charge on any atom is 0.181 e. The van der Waals surface area contributed by atoms with Gasteiger partial charge >= 0.3 is 0 Å². The van der Waals surface area contributed by atoms with Crippen molar-refractivity contribution < 1.29 is 4.79 Å². The molecule has 0 unspecified atom stereocenters. The lowest BCUT2D eigenvalue weighted by atomic mass is 9.95. The summed E-state index contributed by atoms with van der Waals surface area (Å²) < 4.78 is -0.585. The predicted octanol–water partition coefficient (Wildman–Crippen LogP) is 4.70. The molecule has 1 aliphatic carbocycles. The first kappa shape index (κ1) is 13.1. The molecule has 2 aromatic carbocycles. The van der Waals surface area contributed by atoms with Crippen LogP contribution in [-0.4, -0.2) is 10.1 Å². The second kappa shape index (κ2) is 4.88. The lowest BCUT2D eigenvalue weighted by Gasteiger charge is -2.26. The fourth-order valence-electron chi connectivity index (χ4n) is 2.57. The third-order valence-electron chi connectivity index (χ3n) is 3.58. The maximum absolute atomic E-state index is 12.7. The normalized spacial score (nSPS) is 23.2. The average molecular weight is 380 g/mol. The summed E-state index contributed by atoms with van der Waals surface area (Å²) in [7, 11) is 0. The van der Waals surface area contributed by atoms with E-state index in [1.807, 2.05) is 54.6 Å². The molecule has 0 aromatic heterocycles. The number of hydrogen-bond donors (Lipinski definition) is 0. The summed E-state index contributed by atoms with van der Waals surface area (Å²) in [5, 5.41) is 0. The molecule has 0 saturated carbocycles. The van der Waals surface area contributed by atoms with Gasteiger partial charge in [-0.2, -0.15) is 0 Å². The summed E-state index contributed by atoms with van der Waals surface area (Å²) in [5.41, 5.74) is 3.06. The Morgan fingerprint density at radius 2 is 1.63 bits per heavy atom. The number of Topliss-reactive ketones (excluding diaryl/α,β-unsaturated/α-hetero) is 1. The Balaban J connectivity index is 2.01. The zero-order valence-corrected chi connectivity index (χ0v) is 13.3. The molecule has 3 rings (SSSR count). The van der Waals surface area contributed by atoms with E-state index in [0.717, 1.165) is 16.7 Å². The summed E-state index contributed by atoms with van der Waals surface area (Å²) in [6.45, 7) is 0. The van der Waals surface area contributed by atoms with Crippen molar-refractivity contribution in [3.8, 4) is 0 Å². The van der Waals surface area contributed by atoms with Gasteiger partial charge in [0.25, 0.3) is 0 Å². The molecule has 0 bridgehead atoms. The molecule has 0 heterocycles. The summed E-state index contributed by atoms with van der Waals surface area (Å²) in [4.78, 5) is 12.6. The molecule has 2 atom stereocenters. The lowest BCUT2D eigenvalue weighted by Crippen LogP contribution is -2.33. The number of halogens is 2. The quantitative estimate of drug-likeness (QED) is 0.691. The summed E-state index contributed by atoms with van der Waals surface area (Å²) in [6, 6.07) is 17.9. The van der Waals surface area contributed by atoms with Gasteiger partial charge < -0.3 is 0 Å². The number of carbonyl (C=O) groups is 1. The number of ketones is 1. The van der Waals surface area contributed by atoms with Gasteiger partial charge in [0.15, 0.2) is 5.78 Å². The lowest BCUT2D eigenvalue weighted by molar-refractivity contribution is 0.0960. The van der Waals surface area contributed by atoms with Crippen molar-refractivity contribution in [1.82, 2.24) is 0 Å². The van der Waals surface area contributed by atoms with E-state index in [2.05, 4.69) is 31.9 Å². The van der Waals surface area contributed by atoms with Crippen molar-refractivity contribution >= 4 is 37.6 Å². The van der Waals surface area contributed by atoms with Gasteiger partial charge in [0, 0.05) is 5.56 Å². The van der Waals surface area contributed by atoms with Crippen LogP contribution in [0, 0.1) is 0 Å².